The number of hydrogen-bond acceptors (Lipinski definition) is 10. The molecule has 1 aromatic carbocycles. The van der Waals surface area contributed by atoms with Crippen molar-refractivity contribution < 1.29 is 17.9 Å². The molecule has 1 aliphatic heterocycles. The highest BCUT2D eigenvalue weighted by atomic mass is 32.2. The number of fused-ring (bicyclic) bond motifs is 1. The highest BCUT2D eigenvalue weighted by Crippen LogP contribution is 2.32. The molecule has 1 fully saturated rings. The Hall–Kier alpha value is -3.66. The largest absolute Gasteiger partial charge is 0.493 e. The van der Waals surface area contributed by atoms with E-state index < -0.39 is 15.6 Å². The topological polar surface area (TPSA) is 153 Å². The highest BCUT2D eigenvalue weighted by molar-refractivity contribution is 7.89. The average molecular weight is 614 g/mol. The lowest BCUT2D eigenvalue weighted by molar-refractivity contribution is 0.123. The van der Waals surface area contributed by atoms with Crippen LogP contribution in [0.15, 0.2) is 34.2 Å². The van der Waals surface area contributed by atoms with E-state index in [1.54, 1.807) is 41.7 Å². The summed E-state index contributed by atoms with van der Waals surface area (Å²) < 4.78 is 43.5. The first kappa shape index (κ1) is 30.8. The summed E-state index contributed by atoms with van der Waals surface area (Å²) in [5.41, 5.74) is 1.44. The number of sulfonamides is 1. The van der Waals surface area contributed by atoms with Crippen LogP contribution in [0.2, 0.25) is 0 Å². The van der Waals surface area contributed by atoms with E-state index in [0.29, 0.717) is 75.0 Å². The molecule has 5 rings (SSSR count). The SMILES string of the molecule is CCCOc1ccc(S(=O)(=O)N2CCN(CCOC)CC2)cc1-c1nc2c(CCC)n(Cc3ncnn3C)nc2c(=O)[nH]1. The Morgan fingerprint density at radius 1 is 1.05 bits per heavy atom. The van der Waals surface area contributed by atoms with Crippen LogP contribution in [0.1, 0.15) is 38.2 Å². The van der Waals surface area contributed by atoms with Gasteiger partial charge in [-0.2, -0.15) is 14.5 Å². The number of H-pyrrole nitrogens is 1. The standard InChI is InChI=1S/C28H39N9O5S/c1-5-7-22-25-26(33-37(22)18-24-29-19-30-34(24)3)28(38)32-27(31-25)21-17-20(8-9-23(21)42-15-6-2)43(39,40)36-12-10-35(11-13-36)14-16-41-4/h8-9,17,19H,5-7,10-16,18H2,1-4H3,(H,31,32,38). The molecule has 232 valence electrons. The monoisotopic (exact) mass is 613 g/mol. The maximum Gasteiger partial charge on any atom is 0.279 e. The minimum atomic E-state index is -3.80. The maximum absolute atomic E-state index is 13.7. The highest BCUT2D eigenvalue weighted by Gasteiger charge is 2.30. The van der Waals surface area contributed by atoms with Crippen LogP contribution in [-0.4, -0.2) is 105 Å². The lowest BCUT2D eigenvalue weighted by Gasteiger charge is -2.33. The summed E-state index contributed by atoms with van der Waals surface area (Å²) >= 11 is 0. The number of ether oxygens (including phenoxy) is 2. The molecule has 14 nitrogen and oxygen atoms in total. The van der Waals surface area contributed by atoms with Gasteiger partial charge in [0.25, 0.3) is 5.56 Å². The van der Waals surface area contributed by atoms with Gasteiger partial charge in [-0.15, -0.1) is 0 Å². The van der Waals surface area contributed by atoms with Crippen molar-refractivity contribution in [1.82, 2.24) is 43.7 Å². The van der Waals surface area contributed by atoms with E-state index in [1.165, 1.54) is 10.6 Å². The first-order valence-corrected chi connectivity index (χ1v) is 16.0. The molecule has 4 aromatic rings. The average Bonchev–Trinajstić information content (AvgIpc) is 3.58. The zero-order valence-corrected chi connectivity index (χ0v) is 25.9. The molecule has 0 saturated carbocycles. The molecule has 1 aliphatic rings. The lowest BCUT2D eigenvalue weighted by atomic mass is 10.1. The summed E-state index contributed by atoms with van der Waals surface area (Å²) in [7, 11) is -0.348. The Morgan fingerprint density at radius 3 is 2.51 bits per heavy atom. The van der Waals surface area contributed by atoms with Crippen LogP contribution in [0.4, 0.5) is 0 Å². The lowest BCUT2D eigenvalue weighted by Crippen LogP contribution is -2.49. The Labute approximate surface area is 250 Å². The van der Waals surface area contributed by atoms with Crippen molar-refractivity contribution in [3.05, 3.63) is 46.4 Å². The van der Waals surface area contributed by atoms with Gasteiger partial charge in [0.2, 0.25) is 10.0 Å². The van der Waals surface area contributed by atoms with E-state index in [-0.39, 0.29) is 16.2 Å². The van der Waals surface area contributed by atoms with Crippen molar-refractivity contribution in [3.8, 4) is 17.1 Å². The van der Waals surface area contributed by atoms with Crippen molar-refractivity contribution in [2.75, 3.05) is 53.0 Å². The molecule has 43 heavy (non-hydrogen) atoms. The number of nitrogens with one attached hydrogen (secondary N) is 1. The molecular formula is C28H39N9O5S. The van der Waals surface area contributed by atoms with Crippen LogP contribution < -0.4 is 10.3 Å². The van der Waals surface area contributed by atoms with Gasteiger partial charge in [-0.25, -0.2) is 18.4 Å². The fourth-order valence-electron chi connectivity index (χ4n) is 5.16. The number of hydrogen-bond donors (Lipinski definition) is 1. The number of benzene rings is 1. The van der Waals surface area contributed by atoms with Gasteiger partial charge in [-0.05, 0) is 31.0 Å². The van der Waals surface area contributed by atoms with Gasteiger partial charge >= 0.3 is 0 Å². The van der Waals surface area contributed by atoms with Gasteiger partial charge in [0.05, 0.1) is 29.4 Å². The second-order valence-corrected chi connectivity index (χ2v) is 12.4. The van der Waals surface area contributed by atoms with Crippen molar-refractivity contribution in [2.24, 2.45) is 7.05 Å². The minimum Gasteiger partial charge on any atom is -0.493 e. The van der Waals surface area contributed by atoms with E-state index in [4.69, 9.17) is 14.5 Å². The van der Waals surface area contributed by atoms with Gasteiger partial charge in [-0.3, -0.25) is 19.1 Å². The number of methoxy groups -OCH3 is 1. The normalized spacial score (nSPS) is 15.0. The summed E-state index contributed by atoms with van der Waals surface area (Å²) in [4.78, 5) is 27.7. The summed E-state index contributed by atoms with van der Waals surface area (Å²) in [6.07, 6.45) is 3.67. The molecule has 15 heteroatoms. The van der Waals surface area contributed by atoms with Gasteiger partial charge in [-0.1, -0.05) is 20.3 Å². The summed E-state index contributed by atoms with van der Waals surface area (Å²) in [5, 5.41) is 8.71. The molecule has 0 radical (unpaired) electrons. The number of aromatic nitrogens is 7. The van der Waals surface area contributed by atoms with Crippen LogP contribution in [0.3, 0.4) is 0 Å². The third-order valence-electron chi connectivity index (χ3n) is 7.53. The zero-order chi connectivity index (χ0) is 30.6. The molecule has 0 bridgehead atoms. The minimum absolute atomic E-state index is 0.117. The van der Waals surface area contributed by atoms with Crippen molar-refractivity contribution in [2.45, 2.75) is 44.6 Å². The van der Waals surface area contributed by atoms with Gasteiger partial charge < -0.3 is 14.5 Å². The predicted octanol–water partition coefficient (Wildman–Crippen LogP) is 1.66. The number of piperazine rings is 1. The fourth-order valence-corrected chi connectivity index (χ4v) is 6.61. The van der Waals surface area contributed by atoms with Crippen LogP contribution in [0, 0.1) is 0 Å². The quantitative estimate of drug-likeness (QED) is 0.236. The first-order valence-electron chi connectivity index (χ1n) is 14.6. The summed E-state index contributed by atoms with van der Waals surface area (Å²) in [6.45, 7) is 8.14. The van der Waals surface area contributed by atoms with Crippen LogP contribution in [0.25, 0.3) is 22.4 Å². The Bertz CT molecular complexity index is 1720. The van der Waals surface area contributed by atoms with E-state index in [9.17, 15) is 13.2 Å². The van der Waals surface area contributed by atoms with E-state index in [2.05, 4.69) is 25.1 Å². The van der Waals surface area contributed by atoms with Crippen molar-refractivity contribution >= 4 is 21.1 Å². The van der Waals surface area contributed by atoms with Gasteiger partial charge in [0.15, 0.2) is 5.52 Å². The van der Waals surface area contributed by atoms with E-state index in [1.807, 2.05) is 13.8 Å². The molecule has 0 spiro atoms. The maximum atomic E-state index is 13.7. The second kappa shape index (κ2) is 13.3. The van der Waals surface area contributed by atoms with Crippen LogP contribution in [0.5, 0.6) is 5.75 Å². The molecule has 1 saturated heterocycles. The third-order valence-corrected chi connectivity index (χ3v) is 9.43. The van der Waals surface area contributed by atoms with E-state index in [0.717, 1.165) is 25.1 Å². The third kappa shape index (κ3) is 6.49. The Balaban J connectivity index is 1.55. The van der Waals surface area contributed by atoms with Crippen molar-refractivity contribution in [3.63, 3.8) is 0 Å². The van der Waals surface area contributed by atoms with Gasteiger partial charge in [0.1, 0.15) is 35.8 Å². The molecule has 0 atom stereocenters. The number of aromatic amines is 1. The summed E-state index contributed by atoms with van der Waals surface area (Å²) in [5.74, 6) is 1.35. The van der Waals surface area contributed by atoms with Crippen LogP contribution in [-0.2, 0) is 34.8 Å². The fraction of sp³-hybridized carbons (Fsp3) is 0.536. The number of rotatable bonds is 13. The molecule has 0 amide bonds. The Morgan fingerprint density at radius 2 is 1.84 bits per heavy atom. The molecule has 1 N–H and O–H groups in total. The van der Waals surface area contributed by atoms with E-state index >= 15 is 0 Å². The number of aryl methyl sites for hydroxylation is 2. The first-order chi connectivity index (χ1) is 20.8. The zero-order valence-electron chi connectivity index (χ0n) is 25.1. The molecule has 0 aliphatic carbocycles. The molecule has 3 aromatic heterocycles. The van der Waals surface area contributed by atoms with Crippen LogP contribution >= 0.6 is 0 Å². The predicted molar refractivity (Wildman–Crippen MR) is 161 cm³/mol. The smallest absolute Gasteiger partial charge is 0.279 e. The summed E-state index contributed by atoms with van der Waals surface area (Å²) in [6, 6.07) is 4.74. The molecule has 0 unspecified atom stereocenters. The second-order valence-electron chi connectivity index (χ2n) is 10.5. The molecule has 4 heterocycles. The van der Waals surface area contributed by atoms with Crippen molar-refractivity contribution in [1.29, 1.82) is 0 Å². The number of nitrogens with zero attached hydrogens (tertiary/aromatic N) is 8. The van der Waals surface area contributed by atoms with Gasteiger partial charge in [0, 0.05) is 46.9 Å². The Kier molecular flexibility index (Phi) is 9.54. The molecular weight excluding hydrogens is 574 g/mol.